The third kappa shape index (κ3) is 7.27. The molecule has 0 aromatic heterocycles. The van der Waals surface area contributed by atoms with Crippen molar-refractivity contribution < 1.29 is 14.7 Å². The summed E-state index contributed by atoms with van der Waals surface area (Å²) in [6.45, 7) is 0.293. The molecule has 0 unspecified atom stereocenters. The fourth-order valence-corrected chi connectivity index (χ4v) is 2.85. The Kier molecular flexibility index (Phi) is 8.17. The Bertz CT molecular complexity index is 833. The van der Waals surface area contributed by atoms with Crippen LogP contribution in [0.3, 0.4) is 0 Å². The molecule has 8 N–H and O–H groups in total. The van der Waals surface area contributed by atoms with Gasteiger partial charge in [0.1, 0.15) is 6.04 Å². The first-order chi connectivity index (χ1) is 13.9. The average Bonchev–Trinajstić information content (AvgIpc) is 2.71. The third-order valence-corrected chi connectivity index (χ3v) is 4.41. The van der Waals surface area contributed by atoms with E-state index in [2.05, 4.69) is 10.3 Å². The molecule has 0 saturated heterocycles. The van der Waals surface area contributed by atoms with Crippen LogP contribution in [0, 0.1) is 0 Å². The zero-order chi connectivity index (χ0) is 21.2. The van der Waals surface area contributed by atoms with Crippen molar-refractivity contribution in [2.75, 3.05) is 6.54 Å². The molecular formula is C21H27N5O3. The molecule has 0 aliphatic carbocycles. The van der Waals surface area contributed by atoms with Gasteiger partial charge in [0.2, 0.25) is 5.91 Å². The highest BCUT2D eigenvalue weighted by Crippen LogP contribution is 2.19. The van der Waals surface area contributed by atoms with Crippen molar-refractivity contribution in [1.82, 2.24) is 5.32 Å². The number of carboxylic acids is 1. The number of benzene rings is 2. The summed E-state index contributed by atoms with van der Waals surface area (Å²) in [6, 6.07) is 15.8. The number of rotatable bonds is 10. The van der Waals surface area contributed by atoms with Crippen molar-refractivity contribution >= 4 is 17.8 Å². The second-order valence-corrected chi connectivity index (χ2v) is 6.72. The Morgan fingerprint density at radius 2 is 1.62 bits per heavy atom. The molecule has 0 fully saturated rings. The van der Waals surface area contributed by atoms with Gasteiger partial charge in [-0.15, -0.1) is 0 Å². The van der Waals surface area contributed by atoms with E-state index in [1.807, 2.05) is 54.6 Å². The minimum absolute atomic E-state index is 0.0544. The number of carbonyl (C=O) groups excluding carboxylic acids is 1. The minimum atomic E-state index is -1.12. The Morgan fingerprint density at radius 1 is 1.00 bits per heavy atom. The summed E-state index contributed by atoms with van der Waals surface area (Å²) in [7, 11) is 0. The van der Waals surface area contributed by atoms with Crippen LogP contribution in [0.2, 0.25) is 0 Å². The molecule has 0 spiro atoms. The van der Waals surface area contributed by atoms with Gasteiger partial charge in [0.05, 0.1) is 6.04 Å². The van der Waals surface area contributed by atoms with Crippen molar-refractivity contribution in [1.29, 1.82) is 0 Å². The number of aliphatic carboxylic acids is 1. The van der Waals surface area contributed by atoms with Crippen molar-refractivity contribution in [3.05, 3.63) is 60.2 Å². The highest BCUT2D eigenvalue weighted by molar-refractivity contribution is 5.87. The summed E-state index contributed by atoms with van der Waals surface area (Å²) in [5.74, 6) is -1.69. The van der Waals surface area contributed by atoms with Crippen LogP contribution in [0.5, 0.6) is 0 Å². The topological polar surface area (TPSA) is 157 Å². The van der Waals surface area contributed by atoms with Crippen LogP contribution in [-0.2, 0) is 16.0 Å². The zero-order valence-corrected chi connectivity index (χ0v) is 16.1. The van der Waals surface area contributed by atoms with Crippen LogP contribution in [0.25, 0.3) is 11.1 Å². The van der Waals surface area contributed by atoms with Crippen LogP contribution in [0.15, 0.2) is 59.6 Å². The minimum Gasteiger partial charge on any atom is -0.480 e. The summed E-state index contributed by atoms with van der Waals surface area (Å²) in [5, 5.41) is 11.8. The van der Waals surface area contributed by atoms with E-state index < -0.39 is 24.0 Å². The van der Waals surface area contributed by atoms with Gasteiger partial charge in [0.25, 0.3) is 0 Å². The largest absolute Gasteiger partial charge is 0.480 e. The third-order valence-electron chi connectivity index (χ3n) is 4.41. The van der Waals surface area contributed by atoms with Gasteiger partial charge in [-0.3, -0.25) is 9.79 Å². The van der Waals surface area contributed by atoms with Crippen molar-refractivity contribution in [3.8, 4) is 11.1 Å². The number of carbonyl (C=O) groups is 2. The number of guanidine groups is 1. The summed E-state index contributed by atoms with van der Waals surface area (Å²) >= 11 is 0. The van der Waals surface area contributed by atoms with E-state index in [1.54, 1.807) is 0 Å². The van der Waals surface area contributed by atoms with Gasteiger partial charge in [0, 0.05) is 6.54 Å². The van der Waals surface area contributed by atoms with E-state index in [1.165, 1.54) is 0 Å². The molecule has 8 nitrogen and oxygen atoms in total. The first-order valence-corrected chi connectivity index (χ1v) is 9.35. The van der Waals surface area contributed by atoms with Crippen molar-refractivity contribution in [2.45, 2.75) is 31.3 Å². The summed E-state index contributed by atoms with van der Waals surface area (Å²) in [6.07, 6.45) is 0.933. The predicted octanol–water partition coefficient (Wildman–Crippen LogP) is 0.846. The number of nitrogens with one attached hydrogen (secondary N) is 1. The lowest BCUT2D eigenvalue weighted by atomic mass is 10.0. The summed E-state index contributed by atoms with van der Waals surface area (Å²) in [4.78, 5) is 27.5. The lowest BCUT2D eigenvalue weighted by Gasteiger charge is -2.18. The predicted molar refractivity (Wildman–Crippen MR) is 113 cm³/mol. The average molecular weight is 397 g/mol. The van der Waals surface area contributed by atoms with E-state index in [0.717, 1.165) is 16.7 Å². The first kappa shape index (κ1) is 21.9. The molecule has 0 radical (unpaired) electrons. The molecular weight excluding hydrogens is 370 g/mol. The molecule has 29 heavy (non-hydrogen) atoms. The molecule has 2 aromatic rings. The maximum atomic E-state index is 12.3. The van der Waals surface area contributed by atoms with Gasteiger partial charge >= 0.3 is 5.97 Å². The van der Waals surface area contributed by atoms with E-state index in [4.69, 9.17) is 17.2 Å². The van der Waals surface area contributed by atoms with Crippen LogP contribution in [0.4, 0.5) is 0 Å². The molecule has 0 aliphatic heterocycles. The quantitative estimate of drug-likeness (QED) is 0.227. The van der Waals surface area contributed by atoms with Crippen molar-refractivity contribution in [3.63, 3.8) is 0 Å². The lowest BCUT2D eigenvalue weighted by molar-refractivity contribution is -0.142. The van der Waals surface area contributed by atoms with E-state index in [9.17, 15) is 14.7 Å². The van der Waals surface area contributed by atoms with Gasteiger partial charge < -0.3 is 27.6 Å². The number of nitrogens with zero attached hydrogens (tertiary/aromatic N) is 1. The first-order valence-electron chi connectivity index (χ1n) is 9.35. The molecule has 1 amide bonds. The molecule has 0 aliphatic rings. The maximum absolute atomic E-state index is 12.3. The maximum Gasteiger partial charge on any atom is 0.326 e. The fourth-order valence-electron chi connectivity index (χ4n) is 2.85. The Hall–Kier alpha value is -3.39. The molecule has 0 heterocycles. The van der Waals surface area contributed by atoms with Crippen molar-refractivity contribution in [2.24, 2.45) is 22.2 Å². The number of aliphatic imine (C=N–C) groups is 1. The highest BCUT2D eigenvalue weighted by atomic mass is 16.4. The zero-order valence-electron chi connectivity index (χ0n) is 16.1. The van der Waals surface area contributed by atoms with Gasteiger partial charge in [-0.2, -0.15) is 0 Å². The highest BCUT2D eigenvalue weighted by Gasteiger charge is 2.23. The van der Waals surface area contributed by atoms with Crippen LogP contribution >= 0.6 is 0 Å². The molecule has 0 saturated carbocycles. The molecule has 0 bridgehead atoms. The van der Waals surface area contributed by atoms with Gasteiger partial charge in [-0.05, 0) is 36.0 Å². The standard InChI is InChI=1S/C21H27N5O3/c22-17(19(27)26-18(20(28)29)7-4-12-25-21(23)24)13-14-8-10-16(11-9-14)15-5-2-1-3-6-15/h1-3,5-6,8-11,17-18H,4,7,12-13,22H2,(H,26,27)(H,28,29)(H4,23,24,25)/t17-,18-/m0/s1. The summed E-state index contributed by atoms with van der Waals surface area (Å²) in [5.41, 5.74) is 19.5. The van der Waals surface area contributed by atoms with Gasteiger partial charge in [0.15, 0.2) is 5.96 Å². The van der Waals surface area contributed by atoms with Gasteiger partial charge in [-0.25, -0.2) is 4.79 Å². The van der Waals surface area contributed by atoms with E-state index >= 15 is 0 Å². The Balaban J connectivity index is 1.89. The van der Waals surface area contributed by atoms with Crippen LogP contribution < -0.4 is 22.5 Å². The molecule has 8 heteroatoms. The van der Waals surface area contributed by atoms with E-state index in [-0.39, 0.29) is 12.4 Å². The normalized spacial score (nSPS) is 12.6. The number of carboxylic acid groups (broad SMARTS) is 1. The second kappa shape index (κ2) is 10.8. The number of hydrogen-bond donors (Lipinski definition) is 5. The molecule has 2 aromatic carbocycles. The van der Waals surface area contributed by atoms with Crippen LogP contribution in [-0.4, -0.2) is 41.6 Å². The van der Waals surface area contributed by atoms with Gasteiger partial charge in [-0.1, -0.05) is 54.6 Å². The number of hydrogen-bond acceptors (Lipinski definition) is 4. The Morgan fingerprint density at radius 3 is 2.21 bits per heavy atom. The smallest absolute Gasteiger partial charge is 0.326 e. The summed E-state index contributed by atoms with van der Waals surface area (Å²) < 4.78 is 0. The number of nitrogens with two attached hydrogens (primary N) is 3. The Labute approximate surface area is 169 Å². The monoisotopic (exact) mass is 397 g/mol. The SMILES string of the molecule is NC(N)=NCCC[C@H](NC(=O)[C@@H](N)Cc1ccc(-c2ccccc2)cc1)C(=O)O. The second-order valence-electron chi connectivity index (χ2n) is 6.72. The van der Waals surface area contributed by atoms with Crippen LogP contribution in [0.1, 0.15) is 18.4 Å². The molecule has 2 atom stereocenters. The molecule has 2 rings (SSSR count). The fraction of sp³-hybridized carbons (Fsp3) is 0.286. The van der Waals surface area contributed by atoms with E-state index in [0.29, 0.717) is 19.4 Å². The lowest BCUT2D eigenvalue weighted by Crippen LogP contribution is -2.49. The number of amides is 1. The molecule has 154 valence electrons.